The summed E-state index contributed by atoms with van der Waals surface area (Å²) < 4.78 is 15.0. The highest BCUT2D eigenvalue weighted by Crippen LogP contribution is 2.29. The van der Waals surface area contributed by atoms with Gasteiger partial charge < -0.3 is 9.47 Å². The molecule has 0 spiro atoms. The minimum Gasteiger partial charge on any atom is -0.490 e. The Bertz CT molecular complexity index is 2010. The first-order chi connectivity index (χ1) is 20.5. The summed E-state index contributed by atoms with van der Waals surface area (Å²) in [5.41, 5.74) is 4.91. The number of aromatic nitrogens is 5. The third-order valence-electron chi connectivity index (χ3n) is 6.52. The molecule has 0 aliphatic rings. The van der Waals surface area contributed by atoms with Crippen molar-refractivity contribution >= 4 is 22.4 Å². The molecule has 0 fully saturated rings. The molecule has 0 radical (unpaired) electrons. The van der Waals surface area contributed by atoms with Crippen LogP contribution in [0, 0.1) is 6.92 Å². The van der Waals surface area contributed by atoms with Crippen molar-refractivity contribution in [3.63, 3.8) is 0 Å². The molecule has 0 unspecified atom stereocenters. The van der Waals surface area contributed by atoms with Crippen LogP contribution in [0.2, 0.25) is 0 Å². The second-order valence-electron chi connectivity index (χ2n) is 9.46. The number of para-hydroxylation sites is 1. The fourth-order valence-corrected chi connectivity index (χ4v) is 5.39. The molecule has 208 valence electrons. The summed E-state index contributed by atoms with van der Waals surface area (Å²) in [6.45, 7) is 10.2. The van der Waals surface area contributed by atoms with Crippen LogP contribution in [-0.4, -0.2) is 37.6 Å². The monoisotopic (exact) mass is 573 g/mol. The van der Waals surface area contributed by atoms with Gasteiger partial charge >= 0.3 is 0 Å². The molecular weight excluding hydrogens is 546 g/mol. The van der Waals surface area contributed by atoms with Gasteiger partial charge in [-0.15, -0.1) is 5.10 Å². The van der Waals surface area contributed by atoms with Crippen LogP contribution in [-0.2, 0) is 0 Å². The molecule has 3 aromatic heterocycles. The van der Waals surface area contributed by atoms with Gasteiger partial charge in [-0.25, -0.2) is 4.68 Å². The van der Waals surface area contributed by atoms with Crippen molar-refractivity contribution < 1.29 is 9.47 Å². The van der Waals surface area contributed by atoms with Crippen molar-refractivity contribution in [1.82, 2.24) is 24.4 Å². The van der Waals surface area contributed by atoms with Gasteiger partial charge in [0.1, 0.15) is 30.4 Å². The number of benzene rings is 3. The molecule has 3 heterocycles. The van der Waals surface area contributed by atoms with Crippen LogP contribution in [0.25, 0.3) is 39.4 Å². The molecule has 0 amide bonds. The highest BCUT2D eigenvalue weighted by molar-refractivity contribution is 7.15. The second kappa shape index (κ2) is 11.7. The van der Waals surface area contributed by atoms with E-state index in [4.69, 9.17) is 14.6 Å². The second-order valence-corrected chi connectivity index (χ2v) is 10.5. The molecule has 0 atom stereocenters. The normalized spacial score (nSPS) is 11.6. The van der Waals surface area contributed by atoms with Gasteiger partial charge in [-0.2, -0.15) is 14.6 Å². The van der Waals surface area contributed by atoms with Crippen molar-refractivity contribution in [3.05, 3.63) is 130 Å². The molecule has 0 aliphatic carbocycles. The van der Waals surface area contributed by atoms with E-state index in [1.54, 1.807) is 12.2 Å². The zero-order valence-electron chi connectivity index (χ0n) is 22.9. The number of aryl methyl sites for hydroxylation is 1. The Hall–Kier alpha value is -5.28. The molecule has 0 saturated carbocycles. The van der Waals surface area contributed by atoms with Crippen LogP contribution in [0.3, 0.4) is 0 Å². The Morgan fingerprint density at radius 1 is 0.905 bits per heavy atom. The standard InChI is InChI=1S/C33H27N5O3S/c1-4-17-40-27-14-11-23(12-15-27)31-34-33-38(36-31)32(39)29(42-33)20-25-21-37(26-9-7-6-8-10-26)35-30(25)24-13-16-28(22(3)19-24)41-18-5-2/h4-16,19-21H,1-2,17-18H2,3H3. The molecule has 42 heavy (non-hydrogen) atoms. The maximum atomic E-state index is 13.4. The lowest BCUT2D eigenvalue weighted by Crippen LogP contribution is -2.23. The lowest BCUT2D eigenvalue weighted by atomic mass is 10.0. The summed E-state index contributed by atoms with van der Waals surface area (Å²) in [6.07, 6.45) is 7.19. The Morgan fingerprint density at radius 2 is 1.64 bits per heavy atom. The topological polar surface area (TPSA) is 83.5 Å². The molecule has 0 N–H and O–H groups in total. The molecule has 0 bridgehead atoms. The summed E-state index contributed by atoms with van der Waals surface area (Å²) in [5, 5.41) is 9.41. The molecule has 6 aromatic rings. The molecule has 0 saturated heterocycles. The van der Waals surface area contributed by atoms with E-state index in [0.717, 1.165) is 45.1 Å². The van der Waals surface area contributed by atoms with E-state index in [9.17, 15) is 4.79 Å². The molecule has 3 aromatic carbocycles. The summed E-state index contributed by atoms with van der Waals surface area (Å²) in [7, 11) is 0. The van der Waals surface area contributed by atoms with Crippen LogP contribution in [0.1, 0.15) is 11.1 Å². The van der Waals surface area contributed by atoms with Crippen molar-refractivity contribution in [2.75, 3.05) is 13.2 Å². The number of hydrogen-bond donors (Lipinski definition) is 0. The van der Waals surface area contributed by atoms with Crippen LogP contribution in [0.15, 0.2) is 109 Å². The first kappa shape index (κ1) is 26.9. The van der Waals surface area contributed by atoms with Crippen molar-refractivity contribution in [2.45, 2.75) is 6.92 Å². The van der Waals surface area contributed by atoms with Crippen LogP contribution < -0.4 is 19.6 Å². The van der Waals surface area contributed by atoms with Crippen LogP contribution >= 0.6 is 11.3 Å². The summed E-state index contributed by atoms with van der Waals surface area (Å²) in [4.78, 5) is 18.6. The van der Waals surface area contributed by atoms with Gasteiger partial charge in [-0.05, 0) is 73.2 Å². The number of rotatable bonds is 10. The number of hydrogen-bond acceptors (Lipinski definition) is 7. The van der Waals surface area contributed by atoms with Gasteiger partial charge in [0.05, 0.1) is 10.2 Å². The van der Waals surface area contributed by atoms with Gasteiger partial charge in [0, 0.05) is 22.9 Å². The molecule has 8 nitrogen and oxygen atoms in total. The third-order valence-corrected chi connectivity index (χ3v) is 7.48. The SMILES string of the molecule is C=CCOc1ccc(-c2nc3sc(=Cc4cn(-c5ccccc5)nc4-c4ccc(OCC=C)c(C)c4)c(=O)n3n2)cc1. The van der Waals surface area contributed by atoms with E-state index < -0.39 is 0 Å². The zero-order valence-corrected chi connectivity index (χ0v) is 23.8. The molecule has 9 heteroatoms. The van der Waals surface area contributed by atoms with E-state index in [2.05, 4.69) is 23.2 Å². The van der Waals surface area contributed by atoms with E-state index >= 15 is 0 Å². The number of thiazole rings is 1. The number of fused-ring (bicyclic) bond motifs is 1. The predicted molar refractivity (Wildman–Crippen MR) is 166 cm³/mol. The van der Waals surface area contributed by atoms with Gasteiger partial charge in [0.2, 0.25) is 4.96 Å². The van der Waals surface area contributed by atoms with Crippen molar-refractivity contribution in [3.8, 4) is 39.8 Å². The van der Waals surface area contributed by atoms with Gasteiger partial charge in [-0.1, -0.05) is 54.8 Å². The number of ether oxygens (including phenoxy) is 2. The van der Waals surface area contributed by atoms with Gasteiger partial charge in [0.25, 0.3) is 5.56 Å². The molecule has 6 rings (SSSR count). The van der Waals surface area contributed by atoms with E-state index in [1.807, 2.05) is 96.7 Å². The first-order valence-electron chi connectivity index (χ1n) is 13.3. The highest BCUT2D eigenvalue weighted by atomic mass is 32.1. The maximum Gasteiger partial charge on any atom is 0.291 e. The average molecular weight is 574 g/mol. The lowest BCUT2D eigenvalue weighted by Gasteiger charge is -2.08. The smallest absolute Gasteiger partial charge is 0.291 e. The van der Waals surface area contributed by atoms with Crippen molar-refractivity contribution in [2.24, 2.45) is 0 Å². The predicted octanol–water partition coefficient (Wildman–Crippen LogP) is 5.66. The van der Waals surface area contributed by atoms with E-state index in [0.29, 0.717) is 28.5 Å². The Labute approximate surface area is 246 Å². The Morgan fingerprint density at radius 3 is 2.36 bits per heavy atom. The lowest BCUT2D eigenvalue weighted by molar-refractivity contribution is 0.360. The Kier molecular flexibility index (Phi) is 7.49. The van der Waals surface area contributed by atoms with Crippen molar-refractivity contribution in [1.29, 1.82) is 0 Å². The highest BCUT2D eigenvalue weighted by Gasteiger charge is 2.16. The molecule has 0 aliphatic heterocycles. The van der Waals surface area contributed by atoms with Crippen LogP contribution in [0.5, 0.6) is 11.5 Å². The maximum absolute atomic E-state index is 13.4. The third kappa shape index (κ3) is 5.37. The fourth-order valence-electron chi connectivity index (χ4n) is 4.49. The first-order valence-corrected chi connectivity index (χ1v) is 14.1. The van der Waals surface area contributed by atoms with Gasteiger partial charge in [0.15, 0.2) is 5.82 Å². The van der Waals surface area contributed by atoms with Crippen LogP contribution in [0.4, 0.5) is 0 Å². The average Bonchev–Trinajstić information content (AvgIpc) is 3.71. The largest absolute Gasteiger partial charge is 0.490 e. The minimum absolute atomic E-state index is 0.234. The van der Waals surface area contributed by atoms with Gasteiger partial charge in [-0.3, -0.25) is 4.79 Å². The summed E-state index contributed by atoms with van der Waals surface area (Å²) in [5.74, 6) is 1.99. The number of nitrogens with zero attached hydrogens (tertiary/aromatic N) is 5. The zero-order chi connectivity index (χ0) is 29.1. The fraction of sp³-hybridized carbons (Fsp3) is 0.0909. The minimum atomic E-state index is -0.234. The Balaban J connectivity index is 1.40. The van der Waals surface area contributed by atoms with E-state index in [-0.39, 0.29) is 5.56 Å². The summed E-state index contributed by atoms with van der Waals surface area (Å²) in [6, 6.07) is 23.2. The van der Waals surface area contributed by atoms with E-state index in [1.165, 1.54) is 15.9 Å². The summed E-state index contributed by atoms with van der Waals surface area (Å²) >= 11 is 1.29. The quantitative estimate of drug-likeness (QED) is 0.197. The molecular formula is C33H27N5O3S.